The van der Waals surface area contributed by atoms with Gasteiger partial charge in [-0.3, -0.25) is 14.6 Å². The molecule has 0 bridgehead atoms. The SMILES string of the molecule is COCC(=O)N1CCC[C@H](C(=O)NCc2nc(-c3ccc(C(F)(F)F)nc3)cs2)C1. The third-order valence-electron chi connectivity index (χ3n) is 4.73. The molecule has 11 heteroatoms. The summed E-state index contributed by atoms with van der Waals surface area (Å²) in [5.41, 5.74) is 0.00959. The van der Waals surface area contributed by atoms with Crippen LogP contribution >= 0.6 is 11.3 Å². The number of hydrogen-bond acceptors (Lipinski definition) is 6. The Bertz CT molecular complexity index is 886. The van der Waals surface area contributed by atoms with Crippen molar-refractivity contribution in [2.45, 2.75) is 25.6 Å². The third-order valence-corrected chi connectivity index (χ3v) is 5.58. The number of piperidine rings is 1. The number of nitrogens with zero attached hydrogens (tertiary/aromatic N) is 3. The molecule has 0 radical (unpaired) electrons. The van der Waals surface area contributed by atoms with E-state index in [0.717, 1.165) is 18.7 Å². The number of pyridine rings is 1. The molecule has 1 aliphatic heterocycles. The van der Waals surface area contributed by atoms with Crippen LogP contribution in [0, 0.1) is 5.92 Å². The van der Waals surface area contributed by atoms with Crippen LogP contribution in [0.2, 0.25) is 0 Å². The molecule has 2 amide bonds. The van der Waals surface area contributed by atoms with Crippen molar-refractivity contribution in [1.29, 1.82) is 0 Å². The summed E-state index contributed by atoms with van der Waals surface area (Å²) in [5, 5.41) is 5.16. The Balaban J connectivity index is 1.55. The summed E-state index contributed by atoms with van der Waals surface area (Å²) in [4.78, 5) is 33.9. The van der Waals surface area contributed by atoms with Crippen LogP contribution in [0.5, 0.6) is 0 Å². The molecule has 2 aromatic rings. The number of carbonyl (C=O) groups is 2. The zero-order chi connectivity index (χ0) is 21.7. The standard InChI is InChI=1S/C19H21F3N4O3S/c1-29-10-17(27)26-6-2-3-13(9-26)18(28)24-8-16-25-14(11-30-16)12-4-5-15(23-7-12)19(20,21)22/h4-5,7,11,13H,2-3,6,8-10H2,1H3,(H,24,28)/t13-/m0/s1. The molecule has 0 saturated carbocycles. The van der Waals surface area contributed by atoms with Crippen molar-refractivity contribution in [3.05, 3.63) is 34.4 Å². The van der Waals surface area contributed by atoms with Crippen molar-refractivity contribution in [3.8, 4) is 11.3 Å². The first kappa shape index (κ1) is 22.2. The number of halogens is 3. The van der Waals surface area contributed by atoms with Crippen molar-refractivity contribution in [3.63, 3.8) is 0 Å². The molecule has 0 aliphatic carbocycles. The second-order valence-corrected chi connectivity index (χ2v) is 7.83. The first-order valence-electron chi connectivity index (χ1n) is 9.30. The van der Waals surface area contributed by atoms with Crippen LogP contribution in [-0.2, 0) is 27.0 Å². The number of nitrogens with one attached hydrogen (secondary N) is 1. The smallest absolute Gasteiger partial charge is 0.375 e. The van der Waals surface area contributed by atoms with Gasteiger partial charge in [0.1, 0.15) is 17.3 Å². The summed E-state index contributed by atoms with van der Waals surface area (Å²) in [6.45, 7) is 1.17. The summed E-state index contributed by atoms with van der Waals surface area (Å²) in [5.74, 6) is -0.583. The molecule has 1 N–H and O–H groups in total. The van der Waals surface area contributed by atoms with Crippen molar-refractivity contribution in [2.75, 3.05) is 26.8 Å². The molecular weight excluding hydrogens is 421 g/mol. The van der Waals surface area contributed by atoms with E-state index in [-0.39, 0.29) is 30.9 Å². The van der Waals surface area contributed by atoms with Crippen LogP contribution in [0.15, 0.2) is 23.7 Å². The highest BCUT2D eigenvalue weighted by atomic mass is 32.1. The van der Waals surface area contributed by atoms with Gasteiger partial charge in [-0.05, 0) is 25.0 Å². The van der Waals surface area contributed by atoms with E-state index in [1.807, 2.05) is 0 Å². The maximum atomic E-state index is 12.6. The van der Waals surface area contributed by atoms with Gasteiger partial charge in [0.05, 0.1) is 18.2 Å². The lowest BCUT2D eigenvalue weighted by atomic mass is 9.97. The van der Waals surface area contributed by atoms with Gasteiger partial charge < -0.3 is 15.0 Å². The zero-order valence-electron chi connectivity index (χ0n) is 16.2. The molecule has 3 rings (SSSR count). The number of aromatic nitrogens is 2. The van der Waals surface area contributed by atoms with E-state index in [1.165, 1.54) is 24.5 Å². The van der Waals surface area contributed by atoms with E-state index in [1.54, 1.807) is 10.3 Å². The van der Waals surface area contributed by atoms with Gasteiger partial charge in [0, 0.05) is 37.3 Å². The van der Waals surface area contributed by atoms with E-state index in [4.69, 9.17) is 4.74 Å². The Hall–Kier alpha value is -2.53. The van der Waals surface area contributed by atoms with E-state index in [0.29, 0.717) is 35.8 Å². The van der Waals surface area contributed by atoms with E-state index in [9.17, 15) is 22.8 Å². The monoisotopic (exact) mass is 442 g/mol. The number of methoxy groups -OCH3 is 1. The van der Waals surface area contributed by atoms with Gasteiger partial charge in [0.2, 0.25) is 11.8 Å². The van der Waals surface area contributed by atoms with Crippen LogP contribution in [0.4, 0.5) is 13.2 Å². The molecule has 0 unspecified atom stereocenters. The third kappa shape index (κ3) is 5.54. The molecule has 1 fully saturated rings. The summed E-state index contributed by atoms with van der Waals surface area (Å²) in [6.07, 6.45) is -1.91. The number of hydrogen-bond donors (Lipinski definition) is 1. The van der Waals surface area contributed by atoms with Crippen molar-refractivity contribution >= 4 is 23.2 Å². The maximum Gasteiger partial charge on any atom is 0.433 e. The molecule has 3 heterocycles. The molecular formula is C19H21F3N4O3S. The van der Waals surface area contributed by atoms with Crippen molar-refractivity contribution in [2.24, 2.45) is 5.92 Å². The van der Waals surface area contributed by atoms with Gasteiger partial charge in [-0.25, -0.2) is 4.98 Å². The molecule has 2 aromatic heterocycles. The number of rotatable bonds is 6. The predicted molar refractivity (Wildman–Crippen MR) is 103 cm³/mol. The Morgan fingerprint density at radius 2 is 2.17 bits per heavy atom. The fourth-order valence-corrected chi connectivity index (χ4v) is 3.92. The minimum absolute atomic E-state index is 0.00492. The first-order chi connectivity index (χ1) is 14.3. The molecule has 1 atom stereocenters. The Morgan fingerprint density at radius 1 is 1.37 bits per heavy atom. The second kappa shape index (κ2) is 9.52. The average Bonchev–Trinajstić information content (AvgIpc) is 3.21. The fraction of sp³-hybridized carbons (Fsp3) is 0.474. The van der Waals surface area contributed by atoms with E-state index < -0.39 is 11.9 Å². The van der Waals surface area contributed by atoms with Crippen LogP contribution in [0.3, 0.4) is 0 Å². The van der Waals surface area contributed by atoms with Gasteiger partial charge >= 0.3 is 6.18 Å². The van der Waals surface area contributed by atoms with Crippen molar-refractivity contribution < 1.29 is 27.5 Å². The van der Waals surface area contributed by atoms with E-state index >= 15 is 0 Å². The lowest BCUT2D eigenvalue weighted by Gasteiger charge is -2.31. The highest BCUT2D eigenvalue weighted by molar-refractivity contribution is 7.09. The van der Waals surface area contributed by atoms with Crippen LogP contribution in [0.25, 0.3) is 11.3 Å². The molecule has 1 saturated heterocycles. The van der Waals surface area contributed by atoms with Crippen LogP contribution in [-0.4, -0.2) is 53.5 Å². The summed E-state index contributed by atoms with van der Waals surface area (Å²) in [6, 6.07) is 2.23. The van der Waals surface area contributed by atoms with Gasteiger partial charge in [-0.2, -0.15) is 13.2 Å². The Morgan fingerprint density at radius 3 is 2.83 bits per heavy atom. The van der Waals surface area contributed by atoms with Gasteiger partial charge in [-0.1, -0.05) is 0 Å². The highest BCUT2D eigenvalue weighted by Crippen LogP contribution is 2.29. The molecule has 0 spiro atoms. The largest absolute Gasteiger partial charge is 0.433 e. The van der Waals surface area contributed by atoms with Gasteiger partial charge in [-0.15, -0.1) is 11.3 Å². The first-order valence-corrected chi connectivity index (χ1v) is 10.2. The zero-order valence-corrected chi connectivity index (χ0v) is 17.1. The van der Waals surface area contributed by atoms with Gasteiger partial charge in [0.15, 0.2) is 0 Å². The molecule has 0 aromatic carbocycles. The highest BCUT2D eigenvalue weighted by Gasteiger charge is 2.32. The summed E-state index contributed by atoms with van der Waals surface area (Å²) >= 11 is 1.30. The average molecular weight is 442 g/mol. The quantitative estimate of drug-likeness (QED) is 0.744. The predicted octanol–water partition coefficient (Wildman–Crippen LogP) is 2.73. The molecule has 30 heavy (non-hydrogen) atoms. The number of thiazole rings is 1. The number of carbonyl (C=O) groups excluding carboxylic acids is 2. The number of likely N-dealkylation sites (tertiary alicyclic amines) is 1. The fourth-order valence-electron chi connectivity index (χ4n) is 3.18. The summed E-state index contributed by atoms with van der Waals surface area (Å²) < 4.78 is 42.7. The summed E-state index contributed by atoms with van der Waals surface area (Å²) in [7, 11) is 1.45. The van der Waals surface area contributed by atoms with Gasteiger partial charge in [0.25, 0.3) is 0 Å². The molecule has 7 nitrogen and oxygen atoms in total. The van der Waals surface area contributed by atoms with Crippen molar-refractivity contribution in [1.82, 2.24) is 20.2 Å². The maximum absolute atomic E-state index is 12.6. The number of alkyl halides is 3. The number of ether oxygens (including phenoxy) is 1. The van der Waals surface area contributed by atoms with Crippen LogP contribution < -0.4 is 5.32 Å². The second-order valence-electron chi connectivity index (χ2n) is 6.89. The molecule has 1 aliphatic rings. The lowest BCUT2D eigenvalue weighted by Crippen LogP contribution is -2.46. The minimum Gasteiger partial charge on any atom is -0.375 e. The topological polar surface area (TPSA) is 84.4 Å². The Kier molecular flexibility index (Phi) is 7.03. The van der Waals surface area contributed by atoms with E-state index in [2.05, 4.69) is 15.3 Å². The minimum atomic E-state index is -4.49. The van der Waals surface area contributed by atoms with Crippen LogP contribution in [0.1, 0.15) is 23.5 Å². The Labute approximate surface area is 175 Å². The molecule has 162 valence electrons. The normalized spacial score (nSPS) is 17.1. The number of amides is 2. The lowest BCUT2D eigenvalue weighted by molar-refractivity contribution is -0.141.